The van der Waals surface area contributed by atoms with Crippen molar-refractivity contribution in [2.45, 2.75) is 50.9 Å². The largest absolute Gasteiger partial charge is 0.676 e. The maximum absolute atomic E-state index is 9.98. The molecule has 2 aliphatic rings. The molecule has 100 valence electrons. The van der Waals surface area contributed by atoms with Crippen molar-refractivity contribution in [3.63, 3.8) is 0 Å². The number of hydrogen-bond donors (Lipinski definition) is 1. The molecule has 0 amide bonds. The summed E-state index contributed by atoms with van der Waals surface area (Å²) in [6.07, 6.45) is 4.99. The molecule has 0 spiro atoms. The maximum atomic E-state index is 9.98. The number of rotatable bonds is 6. The highest BCUT2D eigenvalue weighted by atomic mass is 28.4. The summed E-state index contributed by atoms with van der Waals surface area (Å²) < 4.78 is 21.1. The average Bonchev–Trinajstić information content (AvgIpc) is 3.13. The summed E-state index contributed by atoms with van der Waals surface area (Å²) in [4.78, 5) is 9.98. The second-order valence-corrected chi connectivity index (χ2v) is 6.88. The van der Waals surface area contributed by atoms with Crippen LogP contribution in [0.4, 0.5) is 0 Å². The van der Waals surface area contributed by atoms with E-state index in [1.165, 1.54) is 14.2 Å². The Morgan fingerprint density at radius 1 is 1.29 bits per heavy atom. The highest BCUT2D eigenvalue weighted by Gasteiger charge is 2.48. The van der Waals surface area contributed by atoms with Crippen molar-refractivity contribution in [2.24, 2.45) is 5.92 Å². The van der Waals surface area contributed by atoms with Crippen LogP contribution in [0.3, 0.4) is 0 Å². The third-order valence-corrected chi connectivity index (χ3v) is 5.42. The van der Waals surface area contributed by atoms with Gasteiger partial charge in [0.25, 0.3) is 0 Å². The molecule has 1 saturated heterocycles. The Bertz CT molecular complexity index is 258. The van der Waals surface area contributed by atoms with Gasteiger partial charge in [0.1, 0.15) is 0 Å². The molecule has 2 fully saturated rings. The molecule has 1 aliphatic carbocycles. The van der Waals surface area contributed by atoms with Crippen LogP contribution < -0.4 is 0 Å². The van der Waals surface area contributed by atoms with Crippen molar-refractivity contribution in [3.05, 3.63) is 0 Å². The van der Waals surface area contributed by atoms with Gasteiger partial charge in [-0.25, -0.2) is 0 Å². The third-order valence-electron chi connectivity index (χ3n) is 3.79. The van der Waals surface area contributed by atoms with Crippen molar-refractivity contribution in [1.82, 2.24) is 0 Å². The first-order valence-electron chi connectivity index (χ1n) is 6.27. The summed E-state index contributed by atoms with van der Waals surface area (Å²) in [5.74, 6) is 0.438. The molecule has 5 nitrogen and oxygen atoms in total. The lowest BCUT2D eigenvalue weighted by Crippen LogP contribution is -2.49. The van der Waals surface area contributed by atoms with Crippen molar-refractivity contribution < 1.29 is 22.8 Å². The summed E-state index contributed by atoms with van der Waals surface area (Å²) in [5, 5.41) is 0. The van der Waals surface area contributed by atoms with Crippen molar-refractivity contribution >= 4 is 9.05 Å². The topological polar surface area (TPSA) is 60.5 Å². The van der Waals surface area contributed by atoms with E-state index in [4.69, 9.17) is 18.0 Å². The van der Waals surface area contributed by atoms with E-state index in [0.29, 0.717) is 18.1 Å². The fraction of sp³-hybridized carbons (Fsp3) is 1.00. The van der Waals surface area contributed by atoms with Crippen LogP contribution in [0.15, 0.2) is 0 Å². The first-order valence-corrected chi connectivity index (χ1v) is 7.95. The summed E-state index contributed by atoms with van der Waals surface area (Å²) >= 11 is 0. The zero-order valence-electron chi connectivity index (χ0n) is 10.7. The zero-order valence-corrected chi connectivity index (χ0v) is 11.7. The Morgan fingerprint density at radius 2 is 2.00 bits per heavy atom. The van der Waals surface area contributed by atoms with Gasteiger partial charge in [-0.05, 0) is 31.6 Å². The lowest BCUT2D eigenvalue weighted by molar-refractivity contribution is -0.0328. The van der Waals surface area contributed by atoms with E-state index in [1.807, 2.05) is 0 Å². The SMILES string of the molecule is CCC(O[Si](O)(OC)OC)C1CCC2OC2C1. The predicted octanol–water partition coefficient (Wildman–Crippen LogP) is 1.07. The van der Waals surface area contributed by atoms with E-state index in [2.05, 4.69) is 6.92 Å². The van der Waals surface area contributed by atoms with Crippen LogP contribution in [0.25, 0.3) is 0 Å². The first kappa shape index (κ1) is 13.4. The number of ether oxygens (including phenoxy) is 1. The van der Waals surface area contributed by atoms with E-state index in [-0.39, 0.29) is 6.10 Å². The molecule has 0 bridgehead atoms. The molecular weight excluding hydrogens is 240 g/mol. The predicted molar refractivity (Wildman–Crippen MR) is 63.2 cm³/mol. The van der Waals surface area contributed by atoms with Crippen LogP contribution in [0.1, 0.15) is 32.6 Å². The molecule has 1 aliphatic heterocycles. The molecule has 2 rings (SSSR count). The lowest BCUT2D eigenvalue weighted by Gasteiger charge is -2.32. The van der Waals surface area contributed by atoms with Gasteiger partial charge in [-0.1, -0.05) is 6.92 Å². The minimum Gasteiger partial charge on any atom is -0.370 e. The number of hydrogen-bond acceptors (Lipinski definition) is 5. The van der Waals surface area contributed by atoms with Gasteiger partial charge in [0, 0.05) is 14.2 Å². The van der Waals surface area contributed by atoms with Crippen molar-refractivity contribution in [3.8, 4) is 0 Å². The van der Waals surface area contributed by atoms with Crippen LogP contribution in [-0.2, 0) is 18.0 Å². The van der Waals surface area contributed by atoms with Gasteiger partial charge in [0.15, 0.2) is 0 Å². The summed E-state index contributed by atoms with van der Waals surface area (Å²) in [5.41, 5.74) is 0. The van der Waals surface area contributed by atoms with Gasteiger partial charge in [-0.15, -0.1) is 0 Å². The molecule has 0 aromatic heterocycles. The van der Waals surface area contributed by atoms with Gasteiger partial charge < -0.3 is 22.8 Å². The van der Waals surface area contributed by atoms with Gasteiger partial charge in [-0.3, -0.25) is 0 Å². The standard InChI is InChI=1S/C11H22O5Si/c1-4-9(16-17(12,13-2)14-3)8-5-6-10-11(7-8)15-10/h8-12H,4-7H2,1-3H3. The summed E-state index contributed by atoms with van der Waals surface area (Å²) in [7, 11) is -0.575. The molecule has 6 heteroatoms. The van der Waals surface area contributed by atoms with Crippen LogP contribution in [0.2, 0.25) is 0 Å². The van der Waals surface area contributed by atoms with E-state index in [1.54, 1.807) is 0 Å². The fourth-order valence-electron chi connectivity index (χ4n) is 2.66. The molecule has 1 saturated carbocycles. The number of epoxide rings is 1. The monoisotopic (exact) mass is 262 g/mol. The zero-order chi connectivity index (χ0) is 12.5. The van der Waals surface area contributed by atoms with Gasteiger partial charge in [0.05, 0.1) is 18.3 Å². The molecule has 1 heterocycles. The second kappa shape index (κ2) is 5.34. The smallest absolute Gasteiger partial charge is 0.370 e. The second-order valence-electron chi connectivity index (χ2n) is 4.78. The molecule has 0 radical (unpaired) electrons. The van der Waals surface area contributed by atoms with Crippen LogP contribution in [0.5, 0.6) is 0 Å². The maximum Gasteiger partial charge on any atom is 0.676 e. The van der Waals surface area contributed by atoms with Crippen LogP contribution in [-0.4, -0.2) is 46.4 Å². The minimum absolute atomic E-state index is 0.00304. The first-order chi connectivity index (χ1) is 8.11. The van der Waals surface area contributed by atoms with Crippen LogP contribution in [0, 0.1) is 5.92 Å². The Balaban J connectivity index is 1.91. The van der Waals surface area contributed by atoms with E-state index in [9.17, 15) is 4.80 Å². The average molecular weight is 262 g/mol. The highest BCUT2D eigenvalue weighted by Crippen LogP contribution is 2.42. The normalized spacial score (nSPS) is 34.2. The highest BCUT2D eigenvalue weighted by molar-refractivity contribution is 6.51. The van der Waals surface area contributed by atoms with Crippen LogP contribution >= 0.6 is 0 Å². The van der Waals surface area contributed by atoms with E-state index in [0.717, 1.165) is 25.7 Å². The van der Waals surface area contributed by atoms with Gasteiger partial charge in [-0.2, -0.15) is 0 Å². The Morgan fingerprint density at radius 3 is 2.53 bits per heavy atom. The van der Waals surface area contributed by atoms with Crippen molar-refractivity contribution in [1.29, 1.82) is 0 Å². The molecule has 4 unspecified atom stereocenters. The molecular formula is C11H22O5Si. The molecule has 0 aromatic rings. The Kier molecular flexibility index (Phi) is 4.22. The molecule has 17 heavy (non-hydrogen) atoms. The summed E-state index contributed by atoms with van der Waals surface area (Å²) in [6, 6.07) is 0. The fourth-order valence-corrected chi connectivity index (χ4v) is 3.76. The lowest BCUT2D eigenvalue weighted by atomic mass is 9.84. The minimum atomic E-state index is -3.41. The molecule has 0 aromatic carbocycles. The number of fused-ring (bicyclic) bond motifs is 1. The Labute approximate surface area is 103 Å². The van der Waals surface area contributed by atoms with Crippen molar-refractivity contribution in [2.75, 3.05) is 14.2 Å². The van der Waals surface area contributed by atoms with E-state index >= 15 is 0 Å². The molecule has 4 atom stereocenters. The Hall–Kier alpha value is 0.0169. The molecule has 1 N–H and O–H groups in total. The van der Waals surface area contributed by atoms with Gasteiger partial charge >= 0.3 is 9.05 Å². The quantitative estimate of drug-likeness (QED) is 0.573. The van der Waals surface area contributed by atoms with Gasteiger partial charge in [0.2, 0.25) is 0 Å². The van der Waals surface area contributed by atoms with E-state index < -0.39 is 9.05 Å². The third kappa shape index (κ3) is 3.07. The summed E-state index contributed by atoms with van der Waals surface area (Å²) in [6.45, 7) is 2.06.